The van der Waals surface area contributed by atoms with Crippen molar-refractivity contribution in [2.75, 3.05) is 18.9 Å². The molecule has 0 heterocycles. The third-order valence-corrected chi connectivity index (χ3v) is 5.03. The Hall–Kier alpha value is -2.41. The van der Waals surface area contributed by atoms with Crippen LogP contribution >= 0.6 is 0 Å². The van der Waals surface area contributed by atoms with E-state index in [1.165, 1.54) is 18.2 Å². The molecule has 0 aliphatic heterocycles. The summed E-state index contributed by atoms with van der Waals surface area (Å²) >= 11 is 0. The second kappa shape index (κ2) is 9.17. The van der Waals surface area contributed by atoms with Crippen LogP contribution in [0.5, 0.6) is 5.75 Å². The van der Waals surface area contributed by atoms with Crippen LogP contribution in [0.2, 0.25) is 0 Å². The van der Waals surface area contributed by atoms with Gasteiger partial charge >= 0.3 is 0 Å². The molecule has 0 spiro atoms. The number of carbonyl (C=O) groups excluding carboxylic acids is 1. The topological polar surface area (TPSA) is 72.5 Å². The first kappa shape index (κ1) is 18.9. The quantitative estimate of drug-likeness (QED) is 0.692. The molecule has 134 valence electrons. The summed E-state index contributed by atoms with van der Waals surface area (Å²) in [5, 5.41) is 2.58. The fourth-order valence-electron chi connectivity index (χ4n) is 2.18. The van der Waals surface area contributed by atoms with Gasteiger partial charge in [0.25, 0.3) is 5.91 Å². The van der Waals surface area contributed by atoms with Gasteiger partial charge < -0.3 is 10.1 Å². The van der Waals surface area contributed by atoms with Crippen molar-refractivity contribution in [3.05, 3.63) is 66.0 Å². The maximum atomic E-state index is 13.0. The molecule has 0 aliphatic carbocycles. The molecule has 0 saturated heterocycles. The normalized spacial score (nSPS) is 11.1. The van der Waals surface area contributed by atoms with Gasteiger partial charge in [0.15, 0.2) is 16.4 Å². The van der Waals surface area contributed by atoms with Gasteiger partial charge in [0.2, 0.25) is 0 Å². The second-order valence-corrected chi connectivity index (χ2v) is 7.71. The lowest BCUT2D eigenvalue weighted by molar-refractivity contribution is -0.123. The van der Waals surface area contributed by atoms with E-state index in [9.17, 15) is 17.6 Å². The number of nitrogens with one attached hydrogen (secondary N) is 1. The molecule has 1 N–H and O–H groups in total. The number of sulfone groups is 1. The standard InChI is InChI=1S/C18H20FNO4S/c19-16-8-4-9-17(12-16)24-13-18(21)20-10-5-11-25(22,23)14-15-6-2-1-3-7-15/h1-4,6-9,12H,5,10-11,13-14H2,(H,20,21). The summed E-state index contributed by atoms with van der Waals surface area (Å²) in [6.07, 6.45) is 0.320. The number of amides is 1. The Morgan fingerprint density at radius 2 is 1.84 bits per heavy atom. The molecule has 0 aromatic heterocycles. The molecule has 7 heteroatoms. The predicted molar refractivity (Wildman–Crippen MR) is 93.5 cm³/mol. The van der Waals surface area contributed by atoms with Crippen molar-refractivity contribution in [2.45, 2.75) is 12.2 Å². The summed E-state index contributed by atoms with van der Waals surface area (Å²) in [7, 11) is -3.22. The molecule has 0 bridgehead atoms. The van der Waals surface area contributed by atoms with Crippen molar-refractivity contribution in [3.63, 3.8) is 0 Å². The minimum absolute atomic E-state index is 0.00702. The molecule has 0 saturated carbocycles. The van der Waals surface area contributed by atoms with E-state index in [0.717, 1.165) is 5.56 Å². The van der Waals surface area contributed by atoms with Crippen LogP contribution in [0.3, 0.4) is 0 Å². The molecule has 1 amide bonds. The summed E-state index contributed by atoms with van der Waals surface area (Å²) in [5.74, 6) is -0.580. The van der Waals surface area contributed by atoms with E-state index >= 15 is 0 Å². The molecule has 2 aromatic rings. The number of carbonyl (C=O) groups is 1. The van der Waals surface area contributed by atoms with E-state index in [1.54, 1.807) is 30.3 Å². The molecule has 0 radical (unpaired) electrons. The first-order valence-corrected chi connectivity index (χ1v) is 9.66. The van der Waals surface area contributed by atoms with Crippen LogP contribution in [-0.2, 0) is 20.4 Å². The first-order chi connectivity index (χ1) is 11.9. The van der Waals surface area contributed by atoms with Crippen molar-refractivity contribution in [1.82, 2.24) is 5.32 Å². The highest BCUT2D eigenvalue weighted by atomic mass is 32.2. The van der Waals surface area contributed by atoms with E-state index in [2.05, 4.69) is 5.32 Å². The minimum Gasteiger partial charge on any atom is -0.484 e. The minimum atomic E-state index is -3.22. The van der Waals surface area contributed by atoms with Crippen LogP contribution in [0.1, 0.15) is 12.0 Å². The smallest absolute Gasteiger partial charge is 0.257 e. The van der Waals surface area contributed by atoms with Gasteiger partial charge in [-0.05, 0) is 24.1 Å². The molecule has 0 fully saturated rings. The van der Waals surface area contributed by atoms with Gasteiger partial charge in [0, 0.05) is 12.6 Å². The van der Waals surface area contributed by atoms with Gasteiger partial charge in [-0.2, -0.15) is 0 Å². The van der Waals surface area contributed by atoms with Gasteiger partial charge in [-0.1, -0.05) is 36.4 Å². The number of rotatable bonds is 9. The Labute approximate surface area is 146 Å². The van der Waals surface area contributed by atoms with Crippen LogP contribution < -0.4 is 10.1 Å². The van der Waals surface area contributed by atoms with Crippen LogP contribution in [0.4, 0.5) is 4.39 Å². The summed E-state index contributed by atoms with van der Waals surface area (Å²) in [6, 6.07) is 14.5. The van der Waals surface area contributed by atoms with Gasteiger partial charge in [0.05, 0.1) is 11.5 Å². The lowest BCUT2D eigenvalue weighted by Crippen LogP contribution is -2.30. The zero-order chi connectivity index (χ0) is 18.1. The summed E-state index contributed by atoms with van der Waals surface area (Å²) < 4.78 is 42.2. The largest absolute Gasteiger partial charge is 0.484 e. The van der Waals surface area contributed by atoms with Crippen LogP contribution in [0, 0.1) is 5.82 Å². The average molecular weight is 365 g/mol. The molecule has 2 rings (SSSR count). The number of hydrogen-bond donors (Lipinski definition) is 1. The average Bonchev–Trinajstić information content (AvgIpc) is 2.57. The zero-order valence-corrected chi connectivity index (χ0v) is 14.5. The van der Waals surface area contributed by atoms with Gasteiger partial charge in [-0.25, -0.2) is 12.8 Å². The van der Waals surface area contributed by atoms with Crippen molar-refractivity contribution in [1.29, 1.82) is 0 Å². The summed E-state index contributed by atoms with van der Waals surface area (Å²) in [6.45, 7) is -0.0143. The number of ether oxygens (including phenoxy) is 1. The Morgan fingerprint density at radius 3 is 2.56 bits per heavy atom. The molecular weight excluding hydrogens is 345 g/mol. The number of hydrogen-bond acceptors (Lipinski definition) is 4. The second-order valence-electron chi connectivity index (χ2n) is 5.53. The fraction of sp³-hybridized carbons (Fsp3) is 0.278. The van der Waals surface area contributed by atoms with Gasteiger partial charge in [0.1, 0.15) is 11.6 Å². The van der Waals surface area contributed by atoms with E-state index in [0.29, 0.717) is 6.42 Å². The maximum Gasteiger partial charge on any atom is 0.257 e. The Kier molecular flexibility index (Phi) is 6.94. The Bertz CT molecular complexity index is 794. The molecular formula is C18H20FNO4S. The highest BCUT2D eigenvalue weighted by molar-refractivity contribution is 7.90. The number of benzene rings is 2. The third kappa shape index (κ3) is 7.34. The molecule has 0 unspecified atom stereocenters. The van der Waals surface area contributed by atoms with E-state index < -0.39 is 15.7 Å². The van der Waals surface area contributed by atoms with E-state index in [1.807, 2.05) is 6.07 Å². The van der Waals surface area contributed by atoms with Crippen molar-refractivity contribution in [3.8, 4) is 5.75 Å². The lowest BCUT2D eigenvalue weighted by atomic mass is 10.2. The molecule has 25 heavy (non-hydrogen) atoms. The Balaban J connectivity index is 1.65. The van der Waals surface area contributed by atoms with Crippen molar-refractivity contribution in [2.24, 2.45) is 0 Å². The van der Waals surface area contributed by atoms with E-state index in [-0.39, 0.29) is 36.3 Å². The number of halogens is 1. The molecule has 2 aromatic carbocycles. The van der Waals surface area contributed by atoms with E-state index in [4.69, 9.17) is 4.74 Å². The maximum absolute atomic E-state index is 13.0. The van der Waals surface area contributed by atoms with Crippen molar-refractivity contribution >= 4 is 15.7 Å². The highest BCUT2D eigenvalue weighted by Crippen LogP contribution is 2.11. The van der Waals surface area contributed by atoms with Gasteiger partial charge in [-0.3, -0.25) is 4.79 Å². The zero-order valence-electron chi connectivity index (χ0n) is 13.7. The first-order valence-electron chi connectivity index (χ1n) is 7.84. The summed E-state index contributed by atoms with van der Waals surface area (Å²) in [4.78, 5) is 11.6. The van der Waals surface area contributed by atoms with Crippen LogP contribution in [0.25, 0.3) is 0 Å². The molecule has 0 atom stereocenters. The van der Waals surface area contributed by atoms with Crippen molar-refractivity contribution < 1.29 is 22.3 Å². The molecule has 5 nitrogen and oxygen atoms in total. The SMILES string of the molecule is O=C(COc1cccc(F)c1)NCCCS(=O)(=O)Cc1ccccc1. The van der Waals surface area contributed by atoms with Gasteiger partial charge in [-0.15, -0.1) is 0 Å². The van der Waals surface area contributed by atoms with Crippen LogP contribution in [-0.4, -0.2) is 33.2 Å². The highest BCUT2D eigenvalue weighted by Gasteiger charge is 2.12. The lowest BCUT2D eigenvalue weighted by Gasteiger charge is -2.08. The molecule has 0 aliphatic rings. The summed E-state index contributed by atoms with van der Waals surface area (Å²) in [5.41, 5.74) is 0.745. The monoisotopic (exact) mass is 365 g/mol. The Morgan fingerprint density at radius 1 is 1.08 bits per heavy atom. The third-order valence-electron chi connectivity index (χ3n) is 3.35. The fourth-order valence-corrected chi connectivity index (χ4v) is 3.61. The van der Waals surface area contributed by atoms with Crippen LogP contribution in [0.15, 0.2) is 54.6 Å². The predicted octanol–water partition coefficient (Wildman–Crippen LogP) is 2.33.